The van der Waals surface area contributed by atoms with Crippen LogP contribution in [0.3, 0.4) is 0 Å². The molecule has 4 nitrogen and oxygen atoms in total. The Morgan fingerprint density at radius 2 is 1.88 bits per heavy atom. The molecule has 0 bridgehead atoms. The summed E-state index contributed by atoms with van der Waals surface area (Å²) >= 11 is 0. The van der Waals surface area contributed by atoms with E-state index >= 15 is 0 Å². The van der Waals surface area contributed by atoms with Gasteiger partial charge in [0.15, 0.2) is 11.5 Å². The van der Waals surface area contributed by atoms with E-state index in [0.717, 1.165) is 0 Å². The third kappa shape index (κ3) is 2.07. The van der Waals surface area contributed by atoms with Gasteiger partial charge in [0.25, 0.3) is 6.43 Å². The Kier molecular flexibility index (Phi) is 3.21. The van der Waals surface area contributed by atoms with Crippen molar-refractivity contribution in [3.05, 3.63) is 23.3 Å². The van der Waals surface area contributed by atoms with Crippen LogP contribution >= 0.6 is 0 Å². The zero-order chi connectivity index (χ0) is 11.5. The summed E-state index contributed by atoms with van der Waals surface area (Å²) in [7, 11) is 0. The van der Waals surface area contributed by atoms with E-state index in [4.69, 9.17) is 14.7 Å². The minimum Gasteiger partial charge on any atom is -0.486 e. The molecule has 1 aromatic rings. The standard InChI is InChI=1S/C10H11F2NO3/c11-10(12)7-4-9-8(15-1-2-16-9)3-6(7)5-13-14/h3-4,10,13-14H,1-2,5H2. The normalized spacial score (nSPS) is 14.2. The average Bonchev–Trinajstić information content (AvgIpc) is 2.28. The summed E-state index contributed by atoms with van der Waals surface area (Å²) in [5.74, 6) is 0.754. The molecule has 0 amide bonds. The molecule has 0 atom stereocenters. The van der Waals surface area contributed by atoms with Crippen molar-refractivity contribution < 1.29 is 23.5 Å². The van der Waals surface area contributed by atoms with Crippen LogP contribution in [0.5, 0.6) is 11.5 Å². The van der Waals surface area contributed by atoms with Gasteiger partial charge in [0, 0.05) is 12.1 Å². The van der Waals surface area contributed by atoms with Crippen LogP contribution in [-0.4, -0.2) is 18.4 Å². The third-order valence-electron chi connectivity index (χ3n) is 2.31. The highest BCUT2D eigenvalue weighted by Gasteiger charge is 2.20. The fraction of sp³-hybridized carbons (Fsp3) is 0.400. The molecule has 1 aliphatic rings. The fourth-order valence-electron chi connectivity index (χ4n) is 1.59. The summed E-state index contributed by atoms with van der Waals surface area (Å²) in [6, 6.07) is 2.71. The Morgan fingerprint density at radius 1 is 1.25 bits per heavy atom. The molecule has 0 unspecified atom stereocenters. The lowest BCUT2D eigenvalue weighted by atomic mass is 10.1. The molecule has 1 aliphatic heterocycles. The maximum atomic E-state index is 12.7. The third-order valence-corrected chi connectivity index (χ3v) is 2.31. The van der Waals surface area contributed by atoms with Crippen molar-refractivity contribution in [1.29, 1.82) is 0 Å². The molecule has 0 saturated carbocycles. The smallest absolute Gasteiger partial charge is 0.264 e. The molecule has 2 rings (SSSR count). The van der Waals surface area contributed by atoms with Crippen LogP contribution in [0, 0.1) is 0 Å². The van der Waals surface area contributed by atoms with Gasteiger partial charge in [-0.2, -0.15) is 0 Å². The molecule has 0 aliphatic carbocycles. The van der Waals surface area contributed by atoms with Crippen LogP contribution in [0.15, 0.2) is 12.1 Å². The first-order chi connectivity index (χ1) is 7.72. The van der Waals surface area contributed by atoms with Crippen LogP contribution < -0.4 is 15.0 Å². The van der Waals surface area contributed by atoms with Gasteiger partial charge in [-0.05, 0) is 17.7 Å². The fourth-order valence-corrected chi connectivity index (χ4v) is 1.59. The van der Waals surface area contributed by atoms with Crippen molar-refractivity contribution in [3.63, 3.8) is 0 Å². The van der Waals surface area contributed by atoms with Crippen LogP contribution in [0.2, 0.25) is 0 Å². The number of hydrogen-bond donors (Lipinski definition) is 2. The van der Waals surface area contributed by atoms with Crippen molar-refractivity contribution in [2.24, 2.45) is 0 Å². The quantitative estimate of drug-likeness (QED) is 0.780. The summed E-state index contributed by atoms with van der Waals surface area (Å²) in [4.78, 5) is 0. The molecular formula is C10H11F2NO3. The predicted molar refractivity (Wildman–Crippen MR) is 51.0 cm³/mol. The Bertz CT molecular complexity index is 385. The first kappa shape index (κ1) is 11.1. The molecule has 0 aromatic heterocycles. The van der Waals surface area contributed by atoms with Gasteiger partial charge in [-0.25, -0.2) is 14.3 Å². The van der Waals surface area contributed by atoms with E-state index in [-0.39, 0.29) is 12.1 Å². The van der Waals surface area contributed by atoms with Crippen molar-refractivity contribution in [2.45, 2.75) is 13.0 Å². The summed E-state index contributed by atoms with van der Waals surface area (Å²) < 4.78 is 35.9. The molecule has 1 aromatic carbocycles. The number of benzene rings is 1. The number of ether oxygens (including phenoxy) is 2. The second-order valence-electron chi connectivity index (χ2n) is 3.33. The second-order valence-corrected chi connectivity index (χ2v) is 3.33. The van der Waals surface area contributed by atoms with Crippen LogP contribution in [0.4, 0.5) is 8.78 Å². The molecule has 2 N–H and O–H groups in total. The zero-order valence-corrected chi connectivity index (χ0v) is 8.37. The van der Waals surface area contributed by atoms with Gasteiger partial charge >= 0.3 is 0 Å². The number of alkyl halides is 2. The molecule has 0 spiro atoms. The Morgan fingerprint density at radius 3 is 2.44 bits per heavy atom. The number of nitrogens with one attached hydrogen (secondary N) is 1. The first-order valence-corrected chi connectivity index (χ1v) is 4.80. The Labute approximate surface area is 90.7 Å². The van der Waals surface area contributed by atoms with Crippen LogP contribution in [0.25, 0.3) is 0 Å². The average molecular weight is 231 g/mol. The van der Waals surface area contributed by atoms with Gasteiger partial charge in [-0.3, -0.25) is 0 Å². The SMILES string of the molecule is ONCc1cc2c(cc1C(F)F)OCCO2. The van der Waals surface area contributed by atoms with Gasteiger partial charge in [-0.15, -0.1) is 0 Å². The van der Waals surface area contributed by atoms with E-state index in [1.807, 2.05) is 5.48 Å². The van der Waals surface area contributed by atoms with Gasteiger partial charge < -0.3 is 14.7 Å². The van der Waals surface area contributed by atoms with Gasteiger partial charge in [0.1, 0.15) is 13.2 Å². The summed E-state index contributed by atoms with van der Waals surface area (Å²) in [5, 5.41) is 8.56. The highest BCUT2D eigenvalue weighted by Crippen LogP contribution is 2.36. The van der Waals surface area contributed by atoms with E-state index in [0.29, 0.717) is 30.3 Å². The molecule has 0 fully saturated rings. The first-order valence-electron chi connectivity index (χ1n) is 4.80. The maximum absolute atomic E-state index is 12.7. The van der Waals surface area contributed by atoms with Crippen molar-refractivity contribution in [2.75, 3.05) is 13.2 Å². The highest BCUT2D eigenvalue weighted by atomic mass is 19.3. The maximum Gasteiger partial charge on any atom is 0.264 e. The molecule has 0 radical (unpaired) electrons. The van der Waals surface area contributed by atoms with Crippen LogP contribution in [-0.2, 0) is 6.54 Å². The molecule has 6 heteroatoms. The van der Waals surface area contributed by atoms with Gasteiger partial charge in [0.2, 0.25) is 0 Å². The zero-order valence-electron chi connectivity index (χ0n) is 8.37. The van der Waals surface area contributed by atoms with E-state index in [1.54, 1.807) is 0 Å². The Balaban J connectivity index is 2.41. The molecule has 88 valence electrons. The van der Waals surface area contributed by atoms with E-state index in [2.05, 4.69) is 0 Å². The number of fused-ring (bicyclic) bond motifs is 1. The minimum absolute atomic E-state index is 0.0592. The monoisotopic (exact) mass is 231 g/mol. The molecule has 16 heavy (non-hydrogen) atoms. The Hall–Kier alpha value is -1.40. The van der Waals surface area contributed by atoms with Gasteiger partial charge in [-0.1, -0.05) is 0 Å². The van der Waals surface area contributed by atoms with Gasteiger partial charge in [0.05, 0.1) is 0 Å². The minimum atomic E-state index is -2.61. The second kappa shape index (κ2) is 4.63. The highest BCUT2D eigenvalue weighted by molar-refractivity contribution is 5.48. The lowest BCUT2D eigenvalue weighted by molar-refractivity contribution is 0.138. The van der Waals surface area contributed by atoms with Crippen LogP contribution in [0.1, 0.15) is 17.6 Å². The molecule has 0 saturated heterocycles. The summed E-state index contributed by atoms with van der Waals surface area (Å²) in [5.41, 5.74) is 1.99. The van der Waals surface area contributed by atoms with Crippen molar-refractivity contribution >= 4 is 0 Å². The number of rotatable bonds is 3. The van der Waals surface area contributed by atoms with Crippen molar-refractivity contribution in [1.82, 2.24) is 5.48 Å². The molecular weight excluding hydrogens is 220 g/mol. The predicted octanol–water partition coefficient (Wildman–Crippen LogP) is 1.87. The topological polar surface area (TPSA) is 50.7 Å². The van der Waals surface area contributed by atoms with E-state index < -0.39 is 6.43 Å². The van der Waals surface area contributed by atoms with E-state index in [1.165, 1.54) is 12.1 Å². The number of hydrogen-bond acceptors (Lipinski definition) is 4. The van der Waals surface area contributed by atoms with Crippen molar-refractivity contribution in [3.8, 4) is 11.5 Å². The lowest BCUT2D eigenvalue weighted by Gasteiger charge is -2.20. The number of halogens is 2. The summed E-state index contributed by atoms with van der Waals surface area (Å²) in [6.07, 6.45) is -2.61. The number of hydroxylamine groups is 1. The largest absolute Gasteiger partial charge is 0.486 e. The lowest BCUT2D eigenvalue weighted by Crippen LogP contribution is -2.17. The molecule has 1 heterocycles. The summed E-state index contributed by atoms with van der Waals surface area (Å²) in [6.45, 7) is 0.691. The van der Waals surface area contributed by atoms with E-state index in [9.17, 15) is 8.78 Å².